The summed E-state index contributed by atoms with van der Waals surface area (Å²) in [7, 11) is 1.48. The molecule has 0 amide bonds. The summed E-state index contributed by atoms with van der Waals surface area (Å²) in [5, 5.41) is 9.67. The van der Waals surface area contributed by atoms with Crippen LogP contribution in [0, 0.1) is 19.7 Å². The largest absolute Gasteiger partial charge is 0.493 e. The van der Waals surface area contributed by atoms with Crippen molar-refractivity contribution in [3.8, 4) is 22.8 Å². The number of rotatable bonds is 5. The lowest BCUT2D eigenvalue weighted by atomic mass is 10.0. The fraction of sp³-hybridized carbons (Fsp3) is 0.238. The van der Waals surface area contributed by atoms with Gasteiger partial charge in [0, 0.05) is 10.9 Å². The molecule has 0 saturated carbocycles. The number of pyridine rings is 1. The molecule has 1 aromatic heterocycles. The first-order chi connectivity index (χ1) is 12.8. The molecule has 0 saturated heterocycles. The predicted octanol–water partition coefficient (Wildman–Crippen LogP) is 4.52. The maximum absolute atomic E-state index is 14.3. The second-order valence-corrected chi connectivity index (χ2v) is 6.35. The quantitative estimate of drug-likeness (QED) is 0.716. The highest BCUT2D eigenvalue weighted by atomic mass is 19.1. The Hall–Kier alpha value is -3.15. The summed E-state index contributed by atoms with van der Waals surface area (Å²) in [5.41, 5.74) is 3.28. The summed E-state index contributed by atoms with van der Waals surface area (Å²) >= 11 is 0. The number of nitrogens with zero attached hydrogens (tertiary/aromatic N) is 1. The molecule has 0 spiro atoms. The summed E-state index contributed by atoms with van der Waals surface area (Å²) in [4.78, 5) is 15.9. The molecule has 0 bridgehead atoms. The summed E-state index contributed by atoms with van der Waals surface area (Å²) in [6, 6.07) is 10.1. The Morgan fingerprint density at radius 3 is 2.59 bits per heavy atom. The van der Waals surface area contributed by atoms with E-state index in [1.807, 2.05) is 13.8 Å². The molecule has 5 nitrogen and oxygen atoms in total. The topological polar surface area (TPSA) is 68.7 Å². The van der Waals surface area contributed by atoms with E-state index in [4.69, 9.17) is 9.47 Å². The van der Waals surface area contributed by atoms with Crippen molar-refractivity contribution in [2.45, 2.75) is 26.9 Å². The Bertz CT molecular complexity index is 1030. The van der Waals surface area contributed by atoms with Crippen LogP contribution in [-0.2, 0) is 4.79 Å². The standard InChI is InChI=1S/C21H20FNO4/c1-11-8-9-15(22)18-12(2)10-16(23-19(11)18)14-6-5-7-17(26-4)20(14)27-13(3)21(24)25/h5-10,13H,1-4H3,(H,24,25). The van der Waals surface area contributed by atoms with E-state index in [2.05, 4.69) is 4.98 Å². The fourth-order valence-corrected chi connectivity index (χ4v) is 2.98. The molecule has 3 rings (SSSR count). The van der Waals surface area contributed by atoms with E-state index in [0.29, 0.717) is 27.9 Å². The monoisotopic (exact) mass is 369 g/mol. The minimum atomic E-state index is -1.09. The number of benzene rings is 2. The van der Waals surface area contributed by atoms with E-state index >= 15 is 0 Å². The highest BCUT2D eigenvalue weighted by Crippen LogP contribution is 2.39. The van der Waals surface area contributed by atoms with E-state index < -0.39 is 12.1 Å². The van der Waals surface area contributed by atoms with E-state index in [0.717, 1.165) is 11.1 Å². The molecule has 0 aliphatic heterocycles. The number of aromatic nitrogens is 1. The number of ether oxygens (including phenoxy) is 2. The second kappa shape index (κ2) is 7.23. The van der Waals surface area contributed by atoms with Crippen molar-refractivity contribution in [3.05, 3.63) is 53.3 Å². The van der Waals surface area contributed by atoms with E-state index in [1.54, 1.807) is 30.3 Å². The molecule has 1 N–H and O–H groups in total. The highest BCUT2D eigenvalue weighted by molar-refractivity contribution is 5.89. The molecule has 27 heavy (non-hydrogen) atoms. The second-order valence-electron chi connectivity index (χ2n) is 6.35. The van der Waals surface area contributed by atoms with Gasteiger partial charge in [0.1, 0.15) is 5.82 Å². The zero-order chi connectivity index (χ0) is 19.7. The molecule has 1 atom stereocenters. The predicted molar refractivity (Wildman–Crippen MR) is 101 cm³/mol. The van der Waals surface area contributed by atoms with Gasteiger partial charge in [-0.05, 0) is 56.2 Å². The van der Waals surface area contributed by atoms with Crippen molar-refractivity contribution < 1.29 is 23.8 Å². The first-order valence-electron chi connectivity index (χ1n) is 8.46. The van der Waals surface area contributed by atoms with Gasteiger partial charge in [-0.1, -0.05) is 12.1 Å². The van der Waals surface area contributed by atoms with Crippen molar-refractivity contribution in [3.63, 3.8) is 0 Å². The van der Waals surface area contributed by atoms with Crippen LogP contribution in [0.5, 0.6) is 11.5 Å². The number of para-hydroxylation sites is 1. The van der Waals surface area contributed by atoms with Crippen molar-refractivity contribution in [2.24, 2.45) is 0 Å². The molecule has 2 aromatic carbocycles. The molecular weight excluding hydrogens is 349 g/mol. The smallest absolute Gasteiger partial charge is 0.344 e. The molecule has 3 aromatic rings. The highest BCUT2D eigenvalue weighted by Gasteiger charge is 2.21. The third-order valence-electron chi connectivity index (χ3n) is 4.43. The van der Waals surface area contributed by atoms with Crippen LogP contribution in [0.1, 0.15) is 18.1 Å². The van der Waals surface area contributed by atoms with Gasteiger partial charge >= 0.3 is 5.97 Å². The number of carboxylic acid groups (broad SMARTS) is 1. The van der Waals surface area contributed by atoms with Gasteiger partial charge in [0.25, 0.3) is 0 Å². The average Bonchev–Trinajstić information content (AvgIpc) is 2.64. The lowest BCUT2D eigenvalue weighted by molar-refractivity contribution is -0.144. The van der Waals surface area contributed by atoms with E-state index in [1.165, 1.54) is 20.1 Å². The zero-order valence-electron chi connectivity index (χ0n) is 15.5. The van der Waals surface area contributed by atoms with Crippen molar-refractivity contribution in [2.75, 3.05) is 7.11 Å². The first-order valence-corrected chi connectivity index (χ1v) is 8.46. The van der Waals surface area contributed by atoms with Crippen LogP contribution in [-0.4, -0.2) is 29.3 Å². The normalized spacial score (nSPS) is 12.0. The summed E-state index contributed by atoms with van der Waals surface area (Å²) in [6.45, 7) is 5.13. The summed E-state index contributed by atoms with van der Waals surface area (Å²) in [6.07, 6.45) is -1.07. The van der Waals surface area contributed by atoms with Crippen LogP contribution in [0.2, 0.25) is 0 Å². The van der Waals surface area contributed by atoms with Gasteiger partial charge in [-0.3, -0.25) is 0 Å². The van der Waals surface area contributed by atoms with Gasteiger partial charge < -0.3 is 14.6 Å². The first kappa shape index (κ1) is 18.6. The summed E-state index contributed by atoms with van der Waals surface area (Å²) < 4.78 is 25.3. The molecule has 1 heterocycles. The Morgan fingerprint density at radius 2 is 1.93 bits per heavy atom. The molecule has 0 radical (unpaired) electrons. The molecule has 1 unspecified atom stereocenters. The van der Waals surface area contributed by atoms with Crippen LogP contribution < -0.4 is 9.47 Å². The number of carboxylic acids is 1. The van der Waals surface area contributed by atoms with Crippen LogP contribution >= 0.6 is 0 Å². The molecule has 140 valence electrons. The van der Waals surface area contributed by atoms with Gasteiger partial charge in [-0.25, -0.2) is 14.2 Å². The lowest BCUT2D eigenvalue weighted by Gasteiger charge is -2.18. The third kappa shape index (κ3) is 3.43. The molecule has 0 fully saturated rings. The molecule has 6 heteroatoms. The van der Waals surface area contributed by atoms with Crippen LogP contribution in [0.4, 0.5) is 4.39 Å². The maximum atomic E-state index is 14.3. The third-order valence-corrected chi connectivity index (χ3v) is 4.43. The van der Waals surface area contributed by atoms with Crippen molar-refractivity contribution in [1.29, 1.82) is 0 Å². The number of fused-ring (bicyclic) bond motifs is 1. The zero-order valence-corrected chi connectivity index (χ0v) is 15.5. The molecule has 0 aliphatic rings. The van der Waals surface area contributed by atoms with Crippen molar-refractivity contribution >= 4 is 16.9 Å². The summed E-state index contributed by atoms with van der Waals surface area (Å²) in [5.74, 6) is -0.729. The number of hydrogen-bond acceptors (Lipinski definition) is 4. The van der Waals surface area contributed by atoms with Gasteiger partial charge in [0.2, 0.25) is 0 Å². The Labute approximate surface area is 156 Å². The van der Waals surface area contributed by atoms with Gasteiger partial charge in [-0.2, -0.15) is 0 Å². The number of aryl methyl sites for hydroxylation is 2. The number of hydrogen-bond donors (Lipinski definition) is 1. The Morgan fingerprint density at radius 1 is 1.19 bits per heavy atom. The SMILES string of the molecule is COc1cccc(-c2cc(C)c3c(F)ccc(C)c3n2)c1OC(C)C(=O)O. The van der Waals surface area contributed by atoms with E-state index in [9.17, 15) is 14.3 Å². The minimum Gasteiger partial charge on any atom is -0.493 e. The minimum absolute atomic E-state index is 0.287. The van der Waals surface area contributed by atoms with Crippen molar-refractivity contribution in [1.82, 2.24) is 4.98 Å². The molecular formula is C21H20FNO4. The maximum Gasteiger partial charge on any atom is 0.344 e. The van der Waals surface area contributed by atoms with Crippen LogP contribution in [0.3, 0.4) is 0 Å². The van der Waals surface area contributed by atoms with Gasteiger partial charge in [0.15, 0.2) is 17.6 Å². The van der Waals surface area contributed by atoms with Crippen LogP contribution in [0.15, 0.2) is 36.4 Å². The van der Waals surface area contributed by atoms with Gasteiger partial charge in [-0.15, -0.1) is 0 Å². The fourth-order valence-electron chi connectivity index (χ4n) is 2.98. The number of aliphatic carboxylic acids is 1. The number of halogens is 1. The number of carbonyl (C=O) groups is 1. The number of methoxy groups -OCH3 is 1. The average molecular weight is 369 g/mol. The molecule has 0 aliphatic carbocycles. The lowest BCUT2D eigenvalue weighted by Crippen LogP contribution is -2.23. The van der Waals surface area contributed by atoms with E-state index in [-0.39, 0.29) is 11.6 Å². The Kier molecular flexibility index (Phi) is 4.99. The van der Waals surface area contributed by atoms with Crippen LogP contribution in [0.25, 0.3) is 22.2 Å². The Balaban J connectivity index is 2.25. The van der Waals surface area contributed by atoms with Gasteiger partial charge in [0.05, 0.1) is 18.3 Å².